The topological polar surface area (TPSA) is 34.1 Å². The quantitative estimate of drug-likeness (QED) is 0.503. The van der Waals surface area contributed by atoms with E-state index in [0.717, 1.165) is 12.8 Å². The lowest BCUT2D eigenvalue weighted by Gasteiger charge is -2.17. The molecule has 5 heteroatoms. The number of fused-ring (bicyclic) bond motifs is 2. The number of halogens is 2. The molecule has 0 aromatic heterocycles. The largest absolute Gasteiger partial charge is 0.228 e. The lowest BCUT2D eigenvalue weighted by atomic mass is 10.1. The zero-order valence-electron chi connectivity index (χ0n) is 6.86. The van der Waals surface area contributed by atoms with Gasteiger partial charge in [0, 0.05) is 9.65 Å². The minimum absolute atomic E-state index is 0.0150. The van der Waals surface area contributed by atoms with Crippen LogP contribution in [0.3, 0.4) is 0 Å². The summed E-state index contributed by atoms with van der Waals surface area (Å²) in [5.41, 5.74) is 0. The molecule has 0 aromatic carbocycles. The Morgan fingerprint density at radius 1 is 1.15 bits per heavy atom. The molecular weight excluding hydrogens is 320 g/mol. The van der Waals surface area contributed by atoms with Crippen molar-refractivity contribution in [1.82, 2.24) is 0 Å². The van der Waals surface area contributed by atoms with Gasteiger partial charge in [0.2, 0.25) is 0 Å². The Morgan fingerprint density at radius 3 is 2.54 bits per heavy atom. The Balaban J connectivity index is 2.42. The molecule has 4 atom stereocenters. The standard InChI is InChI=1S/C8H10Br2O2S/c9-6-3-1-5-2-4-7(8(6)10)13(5,11)12/h2,4-8H,1,3H2/t5-,6-,7+,8-/m1/s1. The van der Waals surface area contributed by atoms with Gasteiger partial charge in [-0.15, -0.1) is 0 Å². The molecule has 0 spiro atoms. The fourth-order valence-electron chi connectivity index (χ4n) is 1.89. The molecule has 0 aromatic rings. The maximum absolute atomic E-state index is 11.8. The van der Waals surface area contributed by atoms with E-state index in [9.17, 15) is 8.42 Å². The molecule has 2 aliphatic rings. The number of hydrogen-bond acceptors (Lipinski definition) is 2. The van der Waals surface area contributed by atoms with E-state index < -0.39 is 9.84 Å². The molecule has 2 nitrogen and oxygen atoms in total. The Kier molecular flexibility index (Phi) is 2.62. The van der Waals surface area contributed by atoms with E-state index in [2.05, 4.69) is 31.9 Å². The van der Waals surface area contributed by atoms with Crippen LogP contribution in [0.1, 0.15) is 12.8 Å². The van der Waals surface area contributed by atoms with Crippen LogP contribution in [0.2, 0.25) is 0 Å². The summed E-state index contributed by atoms with van der Waals surface area (Å²) < 4.78 is 23.7. The van der Waals surface area contributed by atoms with Gasteiger partial charge in [0.25, 0.3) is 0 Å². The monoisotopic (exact) mass is 328 g/mol. The van der Waals surface area contributed by atoms with Crippen molar-refractivity contribution in [3.8, 4) is 0 Å². The summed E-state index contributed by atoms with van der Waals surface area (Å²) in [6, 6.07) is 0. The van der Waals surface area contributed by atoms with Crippen LogP contribution < -0.4 is 0 Å². The van der Waals surface area contributed by atoms with Crippen molar-refractivity contribution in [2.75, 3.05) is 0 Å². The molecule has 0 unspecified atom stereocenters. The lowest BCUT2D eigenvalue weighted by molar-refractivity contribution is 0.586. The van der Waals surface area contributed by atoms with Crippen molar-refractivity contribution in [3.05, 3.63) is 12.2 Å². The molecule has 1 saturated heterocycles. The van der Waals surface area contributed by atoms with E-state index in [4.69, 9.17) is 0 Å². The zero-order valence-corrected chi connectivity index (χ0v) is 10.8. The summed E-state index contributed by atoms with van der Waals surface area (Å²) >= 11 is 6.97. The van der Waals surface area contributed by atoms with Crippen molar-refractivity contribution in [2.45, 2.75) is 33.0 Å². The normalized spacial score (nSPS) is 47.5. The fourth-order valence-corrected chi connectivity index (χ4v) is 6.07. The van der Waals surface area contributed by atoms with Crippen LogP contribution in [0.5, 0.6) is 0 Å². The second-order valence-electron chi connectivity index (χ2n) is 3.51. The summed E-state index contributed by atoms with van der Waals surface area (Å²) in [5.74, 6) is 0. The number of hydrogen-bond donors (Lipinski definition) is 0. The van der Waals surface area contributed by atoms with Gasteiger partial charge in [0.15, 0.2) is 9.84 Å². The molecule has 0 N–H and O–H groups in total. The van der Waals surface area contributed by atoms with Crippen LogP contribution >= 0.6 is 31.9 Å². The summed E-state index contributed by atoms with van der Waals surface area (Å²) in [6.07, 6.45) is 5.33. The third-order valence-electron chi connectivity index (χ3n) is 2.70. The third-order valence-corrected chi connectivity index (χ3v) is 8.44. The maximum atomic E-state index is 11.8. The van der Waals surface area contributed by atoms with Gasteiger partial charge in [-0.3, -0.25) is 0 Å². The van der Waals surface area contributed by atoms with E-state index in [0.29, 0.717) is 0 Å². The molecule has 0 radical (unpaired) electrons. The van der Waals surface area contributed by atoms with Gasteiger partial charge in [-0.1, -0.05) is 44.0 Å². The number of rotatable bonds is 0. The molecular formula is C8H10Br2O2S. The molecule has 2 heterocycles. The smallest absolute Gasteiger partial charge is 0.164 e. The lowest BCUT2D eigenvalue weighted by Crippen LogP contribution is -2.31. The molecule has 1 fully saturated rings. The highest BCUT2D eigenvalue weighted by atomic mass is 79.9. The molecule has 2 rings (SSSR count). The average molecular weight is 330 g/mol. The minimum Gasteiger partial charge on any atom is -0.228 e. The summed E-state index contributed by atoms with van der Waals surface area (Å²) in [5, 5.41) is -0.565. The van der Waals surface area contributed by atoms with Gasteiger partial charge in [0.1, 0.15) is 0 Å². The second-order valence-corrected chi connectivity index (χ2v) is 8.08. The fraction of sp³-hybridized carbons (Fsp3) is 0.750. The Hall–Kier alpha value is 0.650. The van der Waals surface area contributed by atoms with Gasteiger partial charge in [-0.2, -0.15) is 0 Å². The summed E-state index contributed by atoms with van der Waals surface area (Å²) in [4.78, 5) is 0.281. The van der Waals surface area contributed by atoms with E-state index in [1.165, 1.54) is 0 Å². The van der Waals surface area contributed by atoms with Gasteiger partial charge in [-0.25, -0.2) is 8.42 Å². The van der Waals surface area contributed by atoms with Crippen LogP contribution in [0.4, 0.5) is 0 Å². The van der Waals surface area contributed by atoms with E-state index in [1.807, 2.05) is 12.2 Å². The van der Waals surface area contributed by atoms with E-state index in [1.54, 1.807) is 0 Å². The molecule has 74 valence electrons. The highest BCUT2D eigenvalue weighted by molar-refractivity contribution is 9.12. The first-order chi connectivity index (χ1) is 6.03. The van der Waals surface area contributed by atoms with Crippen molar-refractivity contribution in [2.24, 2.45) is 0 Å². The molecule has 0 aliphatic carbocycles. The average Bonchev–Trinajstić information content (AvgIpc) is 2.30. The number of alkyl halides is 2. The summed E-state index contributed by atoms with van der Waals surface area (Å²) in [6.45, 7) is 0. The van der Waals surface area contributed by atoms with Crippen LogP contribution in [-0.2, 0) is 9.84 Å². The first-order valence-electron chi connectivity index (χ1n) is 4.22. The van der Waals surface area contributed by atoms with Gasteiger partial charge >= 0.3 is 0 Å². The molecule has 13 heavy (non-hydrogen) atoms. The molecule has 2 bridgehead atoms. The van der Waals surface area contributed by atoms with Crippen LogP contribution in [0, 0.1) is 0 Å². The van der Waals surface area contributed by atoms with Crippen molar-refractivity contribution < 1.29 is 8.42 Å². The van der Waals surface area contributed by atoms with E-state index in [-0.39, 0.29) is 20.2 Å². The molecule has 0 amide bonds. The van der Waals surface area contributed by atoms with Crippen molar-refractivity contribution >= 4 is 41.7 Å². The highest BCUT2D eigenvalue weighted by Gasteiger charge is 2.44. The van der Waals surface area contributed by atoms with Crippen LogP contribution in [0.25, 0.3) is 0 Å². The molecule has 0 saturated carbocycles. The molecule has 2 aliphatic heterocycles. The van der Waals surface area contributed by atoms with Crippen LogP contribution in [0.15, 0.2) is 12.2 Å². The number of sulfone groups is 1. The van der Waals surface area contributed by atoms with Gasteiger partial charge in [0.05, 0.1) is 10.5 Å². The van der Waals surface area contributed by atoms with Gasteiger partial charge < -0.3 is 0 Å². The Bertz CT molecular complexity index is 336. The predicted octanol–water partition coefficient (Wildman–Crippen LogP) is 2.03. The predicted molar refractivity (Wildman–Crippen MR) is 60.3 cm³/mol. The highest BCUT2D eigenvalue weighted by Crippen LogP contribution is 2.38. The SMILES string of the molecule is O=S1(=O)[C@H]2C=C[C@H]1[C@H](Br)[C@H](Br)CC2. The first-order valence-corrected chi connectivity index (χ1v) is 7.67. The first kappa shape index (κ1) is 10.2. The van der Waals surface area contributed by atoms with E-state index >= 15 is 0 Å². The third kappa shape index (κ3) is 1.53. The summed E-state index contributed by atoms with van der Waals surface area (Å²) in [7, 11) is -2.94. The zero-order chi connectivity index (χ0) is 9.64. The van der Waals surface area contributed by atoms with Crippen molar-refractivity contribution in [3.63, 3.8) is 0 Å². The minimum atomic E-state index is -2.94. The Morgan fingerprint density at radius 2 is 1.85 bits per heavy atom. The van der Waals surface area contributed by atoms with Crippen LogP contribution in [-0.4, -0.2) is 28.6 Å². The Labute approximate surface area is 95.0 Å². The van der Waals surface area contributed by atoms with Gasteiger partial charge in [-0.05, 0) is 12.8 Å². The van der Waals surface area contributed by atoms with Crippen molar-refractivity contribution in [1.29, 1.82) is 0 Å². The second kappa shape index (κ2) is 3.35. The maximum Gasteiger partial charge on any atom is 0.164 e.